The van der Waals surface area contributed by atoms with Crippen molar-refractivity contribution in [2.24, 2.45) is 0 Å². The van der Waals surface area contributed by atoms with Crippen LogP contribution in [0.2, 0.25) is 0 Å². The lowest BCUT2D eigenvalue weighted by Gasteiger charge is -2.11. The summed E-state index contributed by atoms with van der Waals surface area (Å²) in [4.78, 5) is 0. The van der Waals surface area contributed by atoms with Crippen molar-refractivity contribution in [1.82, 2.24) is 5.32 Å². The first-order valence-corrected chi connectivity index (χ1v) is 4.19. The molecule has 1 fully saturated rings. The van der Waals surface area contributed by atoms with Crippen LogP contribution in [0.25, 0.3) is 0 Å². The molecule has 2 heteroatoms. The molecule has 1 N–H and O–H groups in total. The van der Waals surface area contributed by atoms with Crippen LogP contribution in [0.3, 0.4) is 0 Å². The average Bonchev–Trinajstić information content (AvgIpc) is 2.62. The second-order valence-corrected chi connectivity index (χ2v) is 2.94. The van der Waals surface area contributed by atoms with Crippen LogP contribution < -0.4 is 5.32 Å². The van der Waals surface area contributed by atoms with E-state index in [4.69, 9.17) is 4.74 Å². The molecular weight excluding hydrogens is 126 g/mol. The fourth-order valence-corrected chi connectivity index (χ4v) is 1.12. The van der Waals surface area contributed by atoms with Crippen molar-refractivity contribution >= 4 is 0 Å². The Balaban J connectivity index is 2.10. The minimum absolute atomic E-state index is 0.352. The van der Waals surface area contributed by atoms with E-state index < -0.39 is 0 Å². The molecule has 0 radical (unpaired) electrons. The Labute approximate surface area is 63.0 Å². The summed E-state index contributed by atoms with van der Waals surface area (Å²) in [6.07, 6.45) is 3.19. The Hall–Kier alpha value is -0.0800. The molecule has 1 aliphatic rings. The highest BCUT2D eigenvalue weighted by molar-refractivity contribution is 4.80. The van der Waals surface area contributed by atoms with Gasteiger partial charge in [0.25, 0.3) is 0 Å². The summed E-state index contributed by atoms with van der Waals surface area (Å²) in [7, 11) is 0. The van der Waals surface area contributed by atoms with Crippen LogP contribution in [0.15, 0.2) is 0 Å². The maximum atomic E-state index is 5.24. The topological polar surface area (TPSA) is 24.6 Å². The average molecular weight is 143 g/mol. The smallest absolute Gasteiger partial charge is 0.135 e. The molecule has 2 atom stereocenters. The van der Waals surface area contributed by atoms with E-state index >= 15 is 0 Å². The molecule has 1 heterocycles. The lowest BCUT2D eigenvalue weighted by molar-refractivity contribution is 0.322. The van der Waals surface area contributed by atoms with Crippen molar-refractivity contribution < 1.29 is 4.74 Å². The summed E-state index contributed by atoms with van der Waals surface area (Å²) in [5.74, 6) is 0. The molecule has 0 bridgehead atoms. The minimum Gasteiger partial charge on any atom is -0.354 e. The Bertz CT molecular complexity index is 101. The Morgan fingerprint density at radius 3 is 2.20 bits per heavy atom. The SMILES string of the molecule is CCC(CC)NC1OC1C. The third kappa shape index (κ3) is 1.96. The van der Waals surface area contributed by atoms with Gasteiger partial charge in [0.2, 0.25) is 0 Å². The van der Waals surface area contributed by atoms with E-state index in [0.29, 0.717) is 18.4 Å². The van der Waals surface area contributed by atoms with Gasteiger partial charge in [0, 0.05) is 6.04 Å². The van der Waals surface area contributed by atoms with E-state index in [0.717, 1.165) is 0 Å². The second-order valence-electron chi connectivity index (χ2n) is 2.94. The fourth-order valence-electron chi connectivity index (χ4n) is 1.12. The molecule has 0 aromatic rings. The van der Waals surface area contributed by atoms with E-state index in [2.05, 4.69) is 26.1 Å². The molecule has 0 spiro atoms. The fraction of sp³-hybridized carbons (Fsp3) is 1.00. The lowest BCUT2D eigenvalue weighted by Crippen LogP contribution is -2.31. The number of nitrogens with one attached hydrogen (secondary N) is 1. The molecule has 1 aliphatic heterocycles. The van der Waals surface area contributed by atoms with Crippen molar-refractivity contribution in [2.75, 3.05) is 0 Å². The highest BCUT2D eigenvalue weighted by Gasteiger charge is 2.34. The molecule has 0 saturated carbocycles. The minimum atomic E-state index is 0.352. The van der Waals surface area contributed by atoms with Crippen LogP contribution in [0.1, 0.15) is 33.6 Å². The molecule has 2 unspecified atom stereocenters. The normalized spacial score (nSPS) is 31.2. The zero-order valence-corrected chi connectivity index (χ0v) is 7.05. The largest absolute Gasteiger partial charge is 0.354 e. The number of ether oxygens (including phenoxy) is 1. The van der Waals surface area contributed by atoms with Crippen LogP contribution in [0.5, 0.6) is 0 Å². The summed E-state index contributed by atoms with van der Waals surface area (Å²) >= 11 is 0. The van der Waals surface area contributed by atoms with Crippen LogP contribution in [0.4, 0.5) is 0 Å². The Kier molecular flexibility index (Phi) is 2.69. The summed E-state index contributed by atoms with van der Waals surface area (Å²) in [6.45, 7) is 6.50. The van der Waals surface area contributed by atoms with E-state index in [1.54, 1.807) is 0 Å². The molecule has 0 aromatic heterocycles. The van der Waals surface area contributed by atoms with Crippen LogP contribution in [-0.2, 0) is 4.74 Å². The molecule has 0 aromatic carbocycles. The number of hydrogen-bond donors (Lipinski definition) is 1. The predicted octanol–water partition coefficient (Wildman–Crippen LogP) is 1.51. The molecule has 60 valence electrons. The van der Waals surface area contributed by atoms with Crippen LogP contribution >= 0.6 is 0 Å². The van der Waals surface area contributed by atoms with Gasteiger partial charge in [-0.25, -0.2) is 0 Å². The van der Waals surface area contributed by atoms with Crippen LogP contribution in [0, 0.1) is 0 Å². The van der Waals surface area contributed by atoms with Gasteiger partial charge >= 0.3 is 0 Å². The summed E-state index contributed by atoms with van der Waals surface area (Å²) < 4.78 is 5.24. The summed E-state index contributed by atoms with van der Waals surface area (Å²) in [5, 5.41) is 3.42. The summed E-state index contributed by atoms with van der Waals surface area (Å²) in [5.41, 5.74) is 0. The van der Waals surface area contributed by atoms with Gasteiger partial charge in [-0.2, -0.15) is 0 Å². The first kappa shape index (κ1) is 8.02. The predicted molar refractivity (Wildman–Crippen MR) is 41.8 cm³/mol. The number of hydrogen-bond acceptors (Lipinski definition) is 2. The zero-order chi connectivity index (χ0) is 7.56. The molecular formula is C8H17NO. The van der Waals surface area contributed by atoms with Crippen molar-refractivity contribution in [3.05, 3.63) is 0 Å². The maximum absolute atomic E-state index is 5.24. The third-order valence-electron chi connectivity index (χ3n) is 2.10. The molecule has 1 rings (SSSR count). The van der Waals surface area contributed by atoms with E-state index in [1.807, 2.05) is 0 Å². The number of rotatable bonds is 4. The summed E-state index contributed by atoms with van der Waals surface area (Å²) in [6, 6.07) is 0.648. The second kappa shape index (κ2) is 3.35. The van der Waals surface area contributed by atoms with Crippen molar-refractivity contribution in [2.45, 2.75) is 52.0 Å². The Morgan fingerprint density at radius 2 is 1.90 bits per heavy atom. The molecule has 10 heavy (non-hydrogen) atoms. The van der Waals surface area contributed by atoms with Gasteiger partial charge < -0.3 is 4.74 Å². The van der Waals surface area contributed by atoms with Gasteiger partial charge in [-0.15, -0.1) is 0 Å². The lowest BCUT2D eigenvalue weighted by atomic mass is 10.2. The molecule has 0 amide bonds. The van der Waals surface area contributed by atoms with Gasteiger partial charge in [0.15, 0.2) is 0 Å². The first-order valence-electron chi connectivity index (χ1n) is 4.19. The van der Waals surface area contributed by atoms with Crippen molar-refractivity contribution in [1.29, 1.82) is 0 Å². The highest BCUT2D eigenvalue weighted by atomic mass is 16.6. The van der Waals surface area contributed by atoms with E-state index in [9.17, 15) is 0 Å². The molecule has 1 saturated heterocycles. The third-order valence-corrected chi connectivity index (χ3v) is 2.10. The maximum Gasteiger partial charge on any atom is 0.135 e. The van der Waals surface area contributed by atoms with Gasteiger partial charge in [-0.05, 0) is 19.8 Å². The van der Waals surface area contributed by atoms with E-state index in [1.165, 1.54) is 12.8 Å². The number of epoxide rings is 1. The quantitative estimate of drug-likeness (QED) is 0.603. The highest BCUT2D eigenvalue weighted by Crippen LogP contribution is 2.19. The monoisotopic (exact) mass is 143 g/mol. The zero-order valence-electron chi connectivity index (χ0n) is 7.05. The molecule has 0 aliphatic carbocycles. The Morgan fingerprint density at radius 1 is 1.40 bits per heavy atom. The van der Waals surface area contributed by atoms with Gasteiger partial charge in [-0.3, -0.25) is 5.32 Å². The van der Waals surface area contributed by atoms with Crippen molar-refractivity contribution in [3.8, 4) is 0 Å². The van der Waals surface area contributed by atoms with Gasteiger partial charge in [0.1, 0.15) is 6.23 Å². The van der Waals surface area contributed by atoms with Crippen molar-refractivity contribution in [3.63, 3.8) is 0 Å². The molecule has 2 nitrogen and oxygen atoms in total. The van der Waals surface area contributed by atoms with E-state index in [-0.39, 0.29) is 0 Å². The van der Waals surface area contributed by atoms with Gasteiger partial charge in [-0.1, -0.05) is 13.8 Å². The van der Waals surface area contributed by atoms with Gasteiger partial charge in [0.05, 0.1) is 6.10 Å². The first-order chi connectivity index (χ1) is 4.77. The van der Waals surface area contributed by atoms with Crippen LogP contribution in [-0.4, -0.2) is 18.4 Å². The standard InChI is InChI=1S/C8H17NO/c1-4-7(5-2)9-8-6(3)10-8/h6-9H,4-5H2,1-3H3.